The maximum Gasteiger partial charge on any atom is 0.408 e. The minimum atomic E-state index is -3.94. The molecule has 1 aromatic carbocycles. The summed E-state index contributed by atoms with van der Waals surface area (Å²) in [6.45, 7) is 8.85. The Kier molecular flexibility index (Phi) is 12.3. The van der Waals surface area contributed by atoms with Crippen LogP contribution in [-0.4, -0.2) is 107 Å². The molecule has 2 heterocycles. The number of amides is 4. The summed E-state index contributed by atoms with van der Waals surface area (Å²) in [6.07, 6.45) is 3.77. The molecular formula is C38H51FN8O9S. The summed E-state index contributed by atoms with van der Waals surface area (Å²) in [5.74, 6) is -2.85. The van der Waals surface area contributed by atoms with Crippen LogP contribution >= 0.6 is 0 Å². The molecule has 4 amide bonds. The van der Waals surface area contributed by atoms with Crippen LogP contribution in [0.15, 0.2) is 43.0 Å². The lowest BCUT2D eigenvalue weighted by molar-refractivity contribution is -0.143. The Morgan fingerprint density at radius 3 is 2.40 bits per heavy atom. The number of halogens is 1. The van der Waals surface area contributed by atoms with Crippen molar-refractivity contribution in [2.24, 2.45) is 11.3 Å². The lowest BCUT2D eigenvalue weighted by atomic mass is 9.85. The second-order valence-electron chi connectivity index (χ2n) is 16.1. The number of anilines is 3. The largest absolute Gasteiger partial charge is 0.472 e. The number of alkyl carbamates (subject to hydrolysis) is 1. The van der Waals surface area contributed by atoms with E-state index >= 15 is 0 Å². The molecule has 5 atom stereocenters. The smallest absolute Gasteiger partial charge is 0.408 e. The minimum Gasteiger partial charge on any atom is -0.472 e. The highest BCUT2D eigenvalue weighted by Crippen LogP contribution is 2.45. The maximum absolute atomic E-state index is 14.6. The molecule has 0 bridgehead atoms. The van der Waals surface area contributed by atoms with Crippen LogP contribution in [0.3, 0.4) is 0 Å². The van der Waals surface area contributed by atoms with Gasteiger partial charge in [0.25, 0.3) is 5.91 Å². The van der Waals surface area contributed by atoms with Crippen molar-refractivity contribution in [3.05, 3.63) is 48.8 Å². The number of carbonyl (C=O) groups excluding carboxylic acids is 4. The van der Waals surface area contributed by atoms with Crippen molar-refractivity contribution >= 4 is 51.3 Å². The Hall–Kier alpha value is -5.04. The number of sulfonamides is 1. The predicted molar refractivity (Wildman–Crippen MR) is 206 cm³/mol. The van der Waals surface area contributed by atoms with Gasteiger partial charge in [-0.05, 0) is 74.6 Å². The Labute approximate surface area is 331 Å². The number of nitrogens with zero attached hydrogens (tertiary/aromatic N) is 3. The van der Waals surface area contributed by atoms with Gasteiger partial charge in [0.15, 0.2) is 0 Å². The lowest BCUT2D eigenvalue weighted by Gasteiger charge is -2.35. The Bertz CT molecular complexity index is 1950. The summed E-state index contributed by atoms with van der Waals surface area (Å²) in [5, 5.41) is 20.2. The zero-order chi connectivity index (χ0) is 41.1. The van der Waals surface area contributed by atoms with E-state index < -0.39 is 80.0 Å². The monoisotopic (exact) mass is 814 g/mol. The highest BCUT2D eigenvalue weighted by molar-refractivity contribution is 7.91. The molecule has 6 N–H and O–H groups in total. The molecule has 3 aliphatic carbocycles. The van der Waals surface area contributed by atoms with Gasteiger partial charge in [0, 0.05) is 30.6 Å². The van der Waals surface area contributed by atoms with Crippen LogP contribution in [0.5, 0.6) is 5.88 Å². The molecule has 1 aromatic heterocycles. The van der Waals surface area contributed by atoms with Gasteiger partial charge in [-0.1, -0.05) is 26.8 Å². The number of hydrogen-bond donors (Lipinski definition) is 6. The second-order valence-corrected chi connectivity index (χ2v) is 18.1. The molecule has 3 saturated carbocycles. The highest BCUT2D eigenvalue weighted by atomic mass is 32.2. The van der Waals surface area contributed by atoms with E-state index in [9.17, 15) is 37.1 Å². The van der Waals surface area contributed by atoms with E-state index in [0.717, 1.165) is 25.7 Å². The molecule has 310 valence electrons. The topological polar surface area (TPSA) is 230 Å². The van der Waals surface area contributed by atoms with Gasteiger partial charge in [-0.25, -0.2) is 17.6 Å². The third-order valence-corrected chi connectivity index (χ3v) is 12.4. The SMILES string of the molecule is C=C[C@@H]1C[C@]1(NC(=O)[C@@H]1C[C@@H](Oc2cc(NCCO)nc(Nc3ccc(F)cc3)n2)CN1C(=O)[C@@H](NC(=O)OC1CCCC1)C(C)(C)C)C(=O)NS(=O)(=O)C1CC1. The molecule has 0 spiro atoms. The fourth-order valence-corrected chi connectivity index (χ4v) is 8.53. The zero-order valence-corrected chi connectivity index (χ0v) is 33.1. The first-order valence-electron chi connectivity index (χ1n) is 19.2. The first-order chi connectivity index (χ1) is 27.0. The van der Waals surface area contributed by atoms with Crippen LogP contribution < -0.4 is 30.7 Å². The number of aromatic nitrogens is 2. The fourth-order valence-electron chi connectivity index (χ4n) is 7.17. The Morgan fingerprint density at radius 2 is 1.79 bits per heavy atom. The molecule has 1 aliphatic heterocycles. The summed E-state index contributed by atoms with van der Waals surface area (Å²) >= 11 is 0. The molecule has 4 aliphatic rings. The van der Waals surface area contributed by atoms with Crippen LogP contribution in [-0.2, 0) is 29.1 Å². The third-order valence-electron chi connectivity index (χ3n) is 10.6. The van der Waals surface area contributed by atoms with Crippen LogP contribution in [0, 0.1) is 17.2 Å². The first kappa shape index (κ1) is 41.6. The van der Waals surface area contributed by atoms with E-state index in [1.807, 2.05) is 0 Å². The third kappa shape index (κ3) is 10.1. The van der Waals surface area contributed by atoms with Crippen molar-refractivity contribution in [2.45, 2.75) is 107 Å². The number of nitrogens with one attached hydrogen (secondary N) is 5. The summed E-state index contributed by atoms with van der Waals surface area (Å²) in [7, 11) is -3.94. The van der Waals surface area contributed by atoms with Gasteiger partial charge in [0.1, 0.15) is 41.5 Å². The molecule has 17 nitrogen and oxygen atoms in total. The van der Waals surface area contributed by atoms with E-state index in [-0.39, 0.29) is 56.3 Å². The number of aliphatic hydroxyl groups is 1. The number of carbonyl (C=O) groups is 4. The summed E-state index contributed by atoms with van der Waals surface area (Å²) in [6, 6.07) is 4.59. The molecule has 1 saturated heterocycles. The van der Waals surface area contributed by atoms with Gasteiger partial charge < -0.3 is 40.7 Å². The van der Waals surface area contributed by atoms with Gasteiger partial charge in [-0.15, -0.1) is 6.58 Å². The lowest BCUT2D eigenvalue weighted by Crippen LogP contribution is -2.60. The van der Waals surface area contributed by atoms with Crippen LogP contribution in [0.1, 0.15) is 72.1 Å². The zero-order valence-electron chi connectivity index (χ0n) is 32.3. The molecule has 0 unspecified atom stereocenters. The number of hydrogen-bond acceptors (Lipinski definition) is 13. The van der Waals surface area contributed by atoms with E-state index in [0.29, 0.717) is 18.5 Å². The van der Waals surface area contributed by atoms with Crippen molar-refractivity contribution in [1.82, 2.24) is 30.2 Å². The van der Waals surface area contributed by atoms with Crippen molar-refractivity contribution in [3.8, 4) is 5.88 Å². The van der Waals surface area contributed by atoms with Crippen LogP contribution in [0.25, 0.3) is 0 Å². The summed E-state index contributed by atoms with van der Waals surface area (Å²) in [5.41, 5.74) is -1.98. The van der Waals surface area contributed by atoms with E-state index in [1.54, 1.807) is 20.8 Å². The molecule has 57 heavy (non-hydrogen) atoms. The van der Waals surface area contributed by atoms with Gasteiger partial charge in [-0.2, -0.15) is 9.97 Å². The molecule has 0 radical (unpaired) electrons. The molecular weight excluding hydrogens is 764 g/mol. The van der Waals surface area contributed by atoms with Crippen LogP contribution in [0.4, 0.5) is 26.6 Å². The minimum absolute atomic E-state index is 0.0363. The molecule has 6 rings (SSSR count). The van der Waals surface area contributed by atoms with E-state index in [2.05, 4.69) is 42.5 Å². The molecule has 4 fully saturated rings. The summed E-state index contributed by atoms with van der Waals surface area (Å²) < 4.78 is 53.1. The predicted octanol–water partition coefficient (Wildman–Crippen LogP) is 2.86. The van der Waals surface area contributed by atoms with Gasteiger partial charge >= 0.3 is 6.09 Å². The number of aliphatic hydroxyl groups excluding tert-OH is 1. The number of rotatable bonds is 16. The van der Waals surface area contributed by atoms with Crippen molar-refractivity contribution in [2.75, 3.05) is 30.3 Å². The fraction of sp³-hybridized carbons (Fsp3) is 0.579. The first-order valence-corrected chi connectivity index (χ1v) is 20.8. The average molecular weight is 815 g/mol. The van der Waals surface area contributed by atoms with E-state index in [4.69, 9.17) is 9.47 Å². The Balaban J connectivity index is 1.27. The second kappa shape index (κ2) is 16.8. The normalized spacial score (nSPS) is 23.9. The van der Waals surface area contributed by atoms with Gasteiger partial charge in [0.05, 0.1) is 18.4 Å². The number of benzene rings is 1. The van der Waals surface area contributed by atoms with Crippen LogP contribution in [0.2, 0.25) is 0 Å². The molecule has 19 heteroatoms. The molecule has 2 aromatic rings. The highest BCUT2D eigenvalue weighted by Gasteiger charge is 2.62. The average Bonchev–Trinajstić information content (AvgIpc) is 4.03. The van der Waals surface area contributed by atoms with Gasteiger partial charge in [0.2, 0.25) is 33.7 Å². The van der Waals surface area contributed by atoms with Crippen molar-refractivity contribution < 1.29 is 46.6 Å². The Morgan fingerprint density at radius 1 is 1.09 bits per heavy atom. The van der Waals surface area contributed by atoms with E-state index in [1.165, 1.54) is 41.3 Å². The quantitative estimate of drug-likeness (QED) is 0.134. The number of likely N-dealkylation sites (tertiary alicyclic amines) is 1. The van der Waals surface area contributed by atoms with Crippen molar-refractivity contribution in [1.29, 1.82) is 0 Å². The van der Waals surface area contributed by atoms with Crippen molar-refractivity contribution in [3.63, 3.8) is 0 Å². The standard InChI is InChI=1S/C38H51FN8O9S/c1-5-22-20-38(22,34(51)46-57(53,54)27-14-15-27)45-32(49)28-18-26(21-47(28)33(50)31(37(2,3)4)44-36(52)56-25-8-6-7-9-25)55-30-19-29(40-16-17-48)42-35(43-30)41-24-12-10-23(39)11-13-24/h5,10-13,19,22,25-28,31,48H,1,6-9,14-18,20-21H2,2-4H3,(H,44,52)(H,45,49)(H,46,51)(H2,40,41,42,43)/t22-,26-,28+,31-,38-/m1/s1. The number of ether oxygens (including phenoxy) is 2. The summed E-state index contributed by atoms with van der Waals surface area (Å²) in [4.78, 5) is 65.7. The maximum atomic E-state index is 14.6. The van der Waals surface area contributed by atoms with Gasteiger partial charge in [-0.3, -0.25) is 19.1 Å².